The second-order valence-electron chi connectivity index (χ2n) is 4.67. The number of pyridine rings is 1. The molecule has 21 heavy (non-hydrogen) atoms. The van der Waals surface area contributed by atoms with Crippen LogP contribution in [-0.2, 0) is 16.4 Å². The van der Waals surface area contributed by atoms with E-state index in [1.165, 1.54) is 18.3 Å². The summed E-state index contributed by atoms with van der Waals surface area (Å²) >= 11 is 11.6. The second-order valence-corrected chi connectivity index (χ2v) is 7.21. The molecule has 2 aromatic rings. The van der Waals surface area contributed by atoms with Crippen molar-refractivity contribution >= 4 is 33.2 Å². The molecule has 7 heteroatoms. The van der Waals surface area contributed by atoms with Crippen molar-refractivity contribution < 1.29 is 8.42 Å². The summed E-state index contributed by atoms with van der Waals surface area (Å²) in [5.41, 5.74) is 0.963. The summed E-state index contributed by atoms with van der Waals surface area (Å²) in [4.78, 5) is 3.87. The molecule has 0 spiro atoms. The first kappa shape index (κ1) is 16.2. The van der Waals surface area contributed by atoms with E-state index in [0.29, 0.717) is 11.4 Å². The zero-order valence-corrected chi connectivity index (χ0v) is 13.6. The van der Waals surface area contributed by atoms with E-state index < -0.39 is 10.0 Å². The molecule has 0 bridgehead atoms. The van der Waals surface area contributed by atoms with Crippen LogP contribution < -0.4 is 4.72 Å². The molecule has 0 saturated carbocycles. The average molecular weight is 345 g/mol. The minimum atomic E-state index is -3.62. The lowest BCUT2D eigenvalue weighted by Gasteiger charge is -2.14. The van der Waals surface area contributed by atoms with E-state index in [1.54, 1.807) is 13.0 Å². The molecule has 1 N–H and O–H groups in total. The van der Waals surface area contributed by atoms with Crippen molar-refractivity contribution in [3.63, 3.8) is 0 Å². The predicted octanol–water partition coefficient (Wildman–Crippen LogP) is 3.30. The second kappa shape index (κ2) is 6.75. The lowest BCUT2D eigenvalue weighted by molar-refractivity contribution is 0.559. The third-order valence-electron chi connectivity index (χ3n) is 2.80. The van der Waals surface area contributed by atoms with Gasteiger partial charge < -0.3 is 0 Å². The molecule has 0 saturated heterocycles. The molecule has 0 fully saturated rings. The number of nitrogens with one attached hydrogen (secondary N) is 1. The number of hydrogen-bond acceptors (Lipinski definition) is 3. The number of hydrogen-bond donors (Lipinski definition) is 1. The van der Waals surface area contributed by atoms with E-state index in [-0.39, 0.29) is 16.1 Å². The number of sulfonamides is 1. The van der Waals surface area contributed by atoms with Crippen molar-refractivity contribution in [1.29, 1.82) is 0 Å². The Bertz CT molecular complexity index is 735. The molecule has 4 nitrogen and oxygen atoms in total. The van der Waals surface area contributed by atoms with E-state index in [2.05, 4.69) is 9.71 Å². The number of aromatic nitrogens is 1. The minimum absolute atomic E-state index is 0.0976. The maximum absolute atomic E-state index is 12.2. The van der Waals surface area contributed by atoms with Crippen LogP contribution in [0.2, 0.25) is 10.2 Å². The SMILES string of the molecule is CC(Cc1cccc(Cl)c1)NS(=O)(=O)c1ccnc(Cl)c1. The van der Waals surface area contributed by atoms with Crippen LogP contribution in [0.3, 0.4) is 0 Å². The van der Waals surface area contributed by atoms with Gasteiger partial charge in [-0.3, -0.25) is 0 Å². The fourth-order valence-corrected chi connectivity index (χ4v) is 3.65. The van der Waals surface area contributed by atoms with Gasteiger partial charge in [0.05, 0.1) is 4.90 Å². The van der Waals surface area contributed by atoms with Gasteiger partial charge in [0.15, 0.2) is 0 Å². The summed E-state index contributed by atoms with van der Waals surface area (Å²) in [5.74, 6) is 0. The molecule has 0 aliphatic heterocycles. The summed E-state index contributed by atoms with van der Waals surface area (Å²) in [6.07, 6.45) is 1.90. The fourth-order valence-electron chi connectivity index (χ4n) is 1.94. The van der Waals surface area contributed by atoms with Gasteiger partial charge in [-0.25, -0.2) is 18.1 Å². The third kappa shape index (κ3) is 4.68. The highest BCUT2D eigenvalue weighted by molar-refractivity contribution is 7.89. The predicted molar refractivity (Wildman–Crippen MR) is 84.2 cm³/mol. The van der Waals surface area contributed by atoms with Gasteiger partial charge in [0, 0.05) is 17.3 Å². The standard InChI is InChI=1S/C14H14Cl2N2O2S/c1-10(7-11-3-2-4-12(15)8-11)18-21(19,20)13-5-6-17-14(16)9-13/h2-6,8-10,18H,7H2,1H3. The normalized spacial score (nSPS) is 13.1. The monoisotopic (exact) mass is 344 g/mol. The first-order valence-electron chi connectivity index (χ1n) is 6.25. The molecule has 1 aromatic carbocycles. The quantitative estimate of drug-likeness (QED) is 0.846. The van der Waals surface area contributed by atoms with Crippen molar-refractivity contribution in [2.45, 2.75) is 24.3 Å². The van der Waals surface area contributed by atoms with Gasteiger partial charge in [-0.2, -0.15) is 0 Å². The lowest BCUT2D eigenvalue weighted by Crippen LogP contribution is -2.34. The largest absolute Gasteiger partial charge is 0.244 e. The molecule has 1 aromatic heterocycles. The smallest absolute Gasteiger partial charge is 0.240 e. The minimum Gasteiger partial charge on any atom is -0.244 e. The van der Waals surface area contributed by atoms with Crippen LogP contribution in [0.15, 0.2) is 47.5 Å². The highest BCUT2D eigenvalue weighted by Gasteiger charge is 2.18. The van der Waals surface area contributed by atoms with E-state index >= 15 is 0 Å². The zero-order chi connectivity index (χ0) is 15.5. The van der Waals surface area contributed by atoms with Crippen molar-refractivity contribution in [2.24, 2.45) is 0 Å². The molecule has 2 rings (SSSR count). The maximum atomic E-state index is 12.2. The van der Waals surface area contributed by atoms with Gasteiger partial charge in [-0.05, 0) is 43.2 Å². The number of benzene rings is 1. The summed E-state index contributed by atoms with van der Waals surface area (Å²) in [7, 11) is -3.62. The van der Waals surface area contributed by atoms with Crippen LogP contribution in [-0.4, -0.2) is 19.4 Å². The van der Waals surface area contributed by atoms with Crippen molar-refractivity contribution in [2.75, 3.05) is 0 Å². The van der Waals surface area contributed by atoms with E-state index in [4.69, 9.17) is 23.2 Å². The molecule has 112 valence electrons. The first-order valence-corrected chi connectivity index (χ1v) is 8.49. The molecule has 0 radical (unpaired) electrons. The number of rotatable bonds is 5. The van der Waals surface area contributed by atoms with Crippen molar-refractivity contribution in [3.05, 3.63) is 58.3 Å². The van der Waals surface area contributed by atoms with Gasteiger partial charge in [0.25, 0.3) is 0 Å². The summed E-state index contributed by atoms with van der Waals surface area (Å²) in [6, 6.07) is 9.77. The molecular formula is C14H14Cl2N2O2S. The van der Waals surface area contributed by atoms with Crippen LogP contribution in [0.5, 0.6) is 0 Å². The lowest BCUT2D eigenvalue weighted by atomic mass is 10.1. The Morgan fingerprint density at radius 1 is 1.24 bits per heavy atom. The van der Waals surface area contributed by atoms with E-state index in [1.807, 2.05) is 18.2 Å². The van der Waals surface area contributed by atoms with Crippen molar-refractivity contribution in [1.82, 2.24) is 9.71 Å². The third-order valence-corrected chi connectivity index (χ3v) is 4.82. The Kier molecular flexibility index (Phi) is 5.22. The van der Waals surface area contributed by atoms with Gasteiger partial charge >= 0.3 is 0 Å². The molecule has 0 aliphatic rings. The van der Waals surface area contributed by atoms with Crippen LogP contribution in [0.25, 0.3) is 0 Å². The molecule has 1 heterocycles. The van der Waals surface area contributed by atoms with Crippen molar-refractivity contribution in [3.8, 4) is 0 Å². The molecule has 1 atom stereocenters. The Labute approximate surface area is 134 Å². The highest BCUT2D eigenvalue weighted by atomic mass is 35.5. The molecule has 1 unspecified atom stereocenters. The average Bonchev–Trinajstić information content (AvgIpc) is 2.37. The molecular weight excluding hydrogens is 331 g/mol. The van der Waals surface area contributed by atoms with Gasteiger partial charge in [0.2, 0.25) is 10.0 Å². The van der Waals surface area contributed by atoms with Gasteiger partial charge in [0.1, 0.15) is 5.15 Å². The first-order chi connectivity index (χ1) is 9.87. The van der Waals surface area contributed by atoms with Crippen LogP contribution in [0, 0.1) is 0 Å². The van der Waals surface area contributed by atoms with Crippen LogP contribution >= 0.6 is 23.2 Å². The number of halogens is 2. The number of nitrogens with zero attached hydrogens (tertiary/aromatic N) is 1. The topological polar surface area (TPSA) is 59.1 Å². The Balaban J connectivity index is 2.10. The highest BCUT2D eigenvalue weighted by Crippen LogP contribution is 2.15. The molecule has 0 amide bonds. The molecule has 0 aliphatic carbocycles. The zero-order valence-electron chi connectivity index (χ0n) is 11.3. The Morgan fingerprint density at radius 2 is 2.00 bits per heavy atom. The van der Waals surface area contributed by atoms with E-state index in [9.17, 15) is 8.42 Å². The Morgan fingerprint density at radius 3 is 2.67 bits per heavy atom. The fraction of sp³-hybridized carbons (Fsp3) is 0.214. The Hall–Kier alpha value is -1.14. The summed E-state index contributed by atoms with van der Waals surface area (Å²) < 4.78 is 27.1. The summed E-state index contributed by atoms with van der Waals surface area (Å²) in [5, 5.41) is 0.767. The van der Waals surface area contributed by atoms with Crippen LogP contribution in [0.1, 0.15) is 12.5 Å². The van der Waals surface area contributed by atoms with Gasteiger partial charge in [-0.15, -0.1) is 0 Å². The summed E-state index contributed by atoms with van der Waals surface area (Å²) in [6.45, 7) is 1.79. The maximum Gasteiger partial charge on any atom is 0.240 e. The van der Waals surface area contributed by atoms with Gasteiger partial charge in [-0.1, -0.05) is 35.3 Å². The van der Waals surface area contributed by atoms with Crippen LogP contribution in [0.4, 0.5) is 0 Å². The van der Waals surface area contributed by atoms with E-state index in [0.717, 1.165) is 5.56 Å².